The van der Waals surface area contributed by atoms with Gasteiger partial charge >= 0.3 is 0 Å². The van der Waals surface area contributed by atoms with Crippen LogP contribution < -0.4 is 10.1 Å². The molecule has 1 saturated heterocycles. The van der Waals surface area contributed by atoms with Crippen LogP contribution >= 0.6 is 0 Å². The zero-order valence-corrected chi connectivity index (χ0v) is 13.3. The molecule has 0 aliphatic carbocycles. The minimum absolute atomic E-state index is 0.267. The molecule has 2 N–H and O–H groups in total. The van der Waals surface area contributed by atoms with Crippen molar-refractivity contribution in [1.29, 1.82) is 0 Å². The van der Waals surface area contributed by atoms with Gasteiger partial charge in [0.15, 0.2) is 0 Å². The number of benzene rings is 1. The molecule has 2 rings (SSSR count). The first-order valence-corrected chi connectivity index (χ1v) is 8.08. The molecule has 0 radical (unpaired) electrons. The Hall–Kier alpha value is -1.26. The van der Waals surface area contributed by atoms with E-state index in [-0.39, 0.29) is 5.75 Å². The number of phenolic OH excluding ortho intramolecular Hbond substituents is 1. The van der Waals surface area contributed by atoms with Gasteiger partial charge in [-0.25, -0.2) is 0 Å². The van der Waals surface area contributed by atoms with Crippen LogP contribution in [0, 0.1) is 0 Å². The van der Waals surface area contributed by atoms with Crippen LogP contribution in [0.3, 0.4) is 0 Å². The van der Waals surface area contributed by atoms with Crippen molar-refractivity contribution in [2.45, 2.75) is 38.6 Å². The number of hydrogen-bond donors (Lipinski definition) is 2. The molecule has 0 amide bonds. The van der Waals surface area contributed by atoms with Gasteiger partial charge in [-0.2, -0.15) is 0 Å². The van der Waals surface area contributed by atoms with Crippen molar-refractivity contribution in [3.63, 3.8) is 0 Å². The van der Waals surface area contributed by atoms with E-state index in [0.29, 0.717) is 6.04 Å². The molecule has 1 aromatic rings. The predicted molar refractivity (Wildman–Crippen MR) is 86.0 cm³/mol. The maximum absolute atomic E-state index is 9.67. The fourth-order valence-corrected chi connectivity index (χ4v) is 3.09. The Morgan fingerprint density at radius 2 is 2.05 bits per heavy atom. The summed E-state index contributed by atoms with van der Waals surface area (Å²) in [5.74, 6) is 1.07. The molecule has 0 saturated carbocycles. The van der Waals surface area contributed by atoms with Gasteiger partial charge in [-0.05, 0) is 12.5 Å². The van der Waals surface area contributed by atoms with E-state index < -0.39 is 0 Å². The average molecular weight is 292 g/mol. The molecule has 118 valence electrons. The van der Waals surface area contributed by atoms with Crippen LogP contribution in [-0.4, -0.2) is 43.3 Å². The van der Waals surface area contributed by atoms with Crippen molar-refractivity contribution < 1.29 is 9.84 Å². The van der Waals surface area contributed by atoms with E-state index in [1.807, 2.05) is 6.07 Å². The minimum atomic E-state index is 0.267. The molecule has 21 heavy (non-hydrogen) atoms. The highest BCUT2D eigenvalue weighted by Gasteiger charge is 2.24. The second kappa shape index (κ2) is 8.25. The van der Waals surface area contributed by atoms with Crippen molar-refractivity contribution in [2.75, 3.05) is 33.3 Å². The van der Waals surface area contributed by atoms with Gasteiger partial charge < -0.3 is 15.2 Å². The Morgan fingerprint density at radius 1 is 1.29 bits per heavy atom. The van der Waals surface area contributed by atoms with Crippen LogP contribution in [0.15, 0.2) is 18.2 Å². The lowest BCUT2D eigenvalue weighted by atomic mass is 9.97. The zero-order chi connectivity index (χ0) is 15.1. The molecule has 1 fully saturated rings. The molecule has 0 spiro atoms. The molecule has 1 atom stereocenters. The average Bonchev–Trinajstić information content (AvgIpc) is 2.53. The SMILES string of the molecule is CCCCC[C@@H](c1ccc(O)cc1OC)N1CCNCC1. The number of hydrogen-bond acceptors (Lipinski definition) is 4. The third-order valence-electron chi connectivity index (χ3n) is 4.25. The minimum Gasteiger partial charge on any atom is -0.508 e. The highest BCUT2D eigenvalue weighted by Crippen LogP contribution is 2.35. The Bertz CT molecular complexity index is 431. The van der Waals surface area contributed by atoms with E-state index in [0.717, 1.165) is 38.3 Å². The number of methoxy groups -OCH3 is 1. The third kappa shape index (κ3) is 4.35. The first kappa shape index (κ1) is 16.1. The number of rotatable bonds is 7. The number of unbranched alkanes of at least 4 members (excludes halogenated alkanes) is 2. The monoisotopic (exact) mass is 292 g/mol. The maximum Gasteiger partial charge on any atom is 0.127 e. The molecule has 0 bridgehead atoms. The quantitative estimate of drug-likeness (QED) is 0.759. The smallest absolute Gasteiger partial charge is 0.127 e. The van der Waals surface area contributed by atoms with E-state index >= 15 is 0 Å². The Balaban J connectivity index is 2.20. The predicted octanol–water partition coefficient (Wildman–Crippen LogP) is 2.93. The summed E-state index contributed by atoms with van der Waals surface area (Å²) in [5.41, 5.74) is 1.20. The third-order valence-corrected chi connectivity index (χ3v) is 4.25. The lowest BCUT2D eigenvalue weighted by molar-refractivity contribution is 0.160. The summed E-state index contributed by atoms with van der Waals surface area (Å²) in [4.78, 5) is 2.54. The highest BCUT2D eigenvalue weighted by atomic mass is 16.5. The fourth-order valence-electron chi connectivity index (χ4n) is 3.09. The van der Waals surface area contributed by atoms with E-state index in [9.17, 15) is 5.11 Å². The highest BCUT2D eigenvalue weighted by molar-refractivity contribution is 5.42. The zero-order valence-electron chi connectivity index (χ0n) is 13.3. The van der Waals surface area contributed by atoms with Crippen LogP contribution in [0.2, 0.25) is 0 Å². The molecule has 0 unspecified atom stereocenters. The normalized spacial score (nSPS) is 17.6. The van der Waals surface area contributed by atoms with Gasteiger partial charge in [0.2, 0.25) is 0 Å². The van der Waals surface area contributed by atoms with Crippen molar-refractivity contribution in [2.24, 2.45) is 0 Å². The Kier molecular flexibility index (Phi) is 6.33. The summed E-state index contributed by atoms with van der Waals surface area (Å²) >= 11 is 0. The lowest BCUT2D eigenvalue weighted by Crippen LogP contribution is -2.45. The lowest BCUT2D eigenvalue weighted by Gasteiger charge is -2.36. The van der Waals surface area contributed by atoms with Crippen molar-refractivity contribution in [1.82, 2.24) is 10.2 Å². The molecule has 1 heterocycles. The maximum atomic E-state index is 9.67. The Labute approximate surface area is 128 Å². The van der Waals surface area contributed by atoms with Crippen LogP contribution in [-0.2, 0) is 0 Å². The molecule has 4 heteroatoms. The number of aromatic hydroxyl groups is 1. The van der Waals surface area contributed by atoms with E-state index in [1.54, 1.807) is 19.2 Å². The molecular weight excluding hydrogens is 264 g/mol. The molecule has 1 aliphatic heterocycles. The van der Waals surface area contributed by atoms with Crippen LogP contribution in [0.4, 0.5) is 0 Å². The van der Waals surface area contributed by atoms with Gasteiger partial charge in [-0.1, -0.05) is 32.3 Å². The van der Waals surface area contributed by atoms with Gasteiger partial charge in [0.05, 0.1) is 7.11 Å². The van der Waals surface area contributed by atoms with Gasteiger partial charge in [-0.15, -0.1) is 0 Å². The summed E-state index contributed by atoms with van der Waals surface area (Å²) in [5, 5.41) is 13.1. The topological polar surface area (TPSA) is 44.7 Å². The summed E-state index contributed by atoms with van der Waals surface area (Å²) in [6.45, 7) is 6.47. The number of nitrogens with zero attached hydrogens (tertiary/aromatic N) is 1. The summed E-state index contributed by atoms with van der Waals surface area (Å²) < 4.78 is 5.50. The summed E-state index contributed by atoms with van der Waals surface area (Å²) in [7, 11) is 1.68. The van der Waals surface area contributed by atoms with Crippen molar-refractivity contribution in [3.8, 4) is 11.5 Å². The van der Waals surface area contributed by atoms with Crippen molar-refractivity contribution >= 4 is 0 Å². The first-order chi connectivity index (χ1) is 10.3. The molecule has 4 nitrogen and oxygen atoms in total. The molecule has 0 aromatic heterocycles. The fraction of sp³-hybridized carbons (Fsp3) is 0.647. The van der Waals surface area contributed by atoms with E-state index in [4.69, 9.17) is 4.74 Å². The molecular formula is C17H28N2O2. The van der Waals surface area contributed by atoms with Gasteiger partial charge in [0.1, 0.15) is 11.5 Å². The molecule has 1 aliphatic rings. The number of nitrogens with one attached hydrogen (secondary N) is 1. The summed E-state index contributed by atoms with van der Waals surface area (Å²) in [6, 6.07) is 5.90. The van der Waals surface area contributed by atoms with Gasteiger partial charge in [0.25, 0.3) is 0 Å². The van der Waals surface area contributed by atoms with Crippen LogP contribution in [0.5, 0.6) is 11.5 Å². The van der Waals surface area contributed by atoms with Crippen LogP contribution in [0.1, 0.15) is 44.2 Å². The Morgan fingerprint density at radius 3 is 2.71 bits per heavy atom. The standard InChI is InChI=1S/C17H28N2O2/c1-3-4-5-6-16(19-11-9-18-10-12-19)15-8-7-14(20)13-17(15)21-2/h7-8,13,16,18,20H,3-6,9-12H2,1-2H3/t16-/m0/s1. The van der Waals surface area contributed by atoms with Crippen molar-refractivity contribution in [3.05, 3.63) is 23.8 Å². The largest absolute Gasteiger partial charge is 0.508 e. The number of phenols is 1. The van der Waals surface area contributed by atoms with E-state index in [1.165, 1.54) is 24.8 Å². The summed E-state index contributed by atoms with van der Waals surface area (Å²) in [6.07, 6.45) is 4.88. The first-order valence-electron chi connectivity index (χ1n) is 8.08. The van der Waals surface area contributed by atoms with Gasteiger partial charge in [-0.3, -0.25) is 4.90 Å². The second-order valence-electron chi connectivity index (χ2n) is 5.72. The van der Waals surface area contributed by atoms with E-state index in [2.05, 4.69) is 17.1 Å². The van der Waals surface area contributed by atoms with Crippen LogP contribution in [0.25, 0.3) is 0 Å². The number of piperazine rings is 1. The number of ether oxygens (including phenoxy) is 1. The second-order valence-corrected chi connectivity index (χ2v) is 5.72. The van der Waals surface area contributed by atoms with Gasteiger partial charge in [0, 0.05) is 43.9 Å². The molecule has 1 aromatic carbocycles.